The number of esters is 1. The van der Waals surface area contributed by atoms with E-state index >= 15 is 4.39 Å². The van der Waals surface area contributed by atoms with Crippen molar-refractivity contribution in [3.63, 3.8) is 0 Å². The van der Waals surface area contributed by atoms with Gasteiger partial charge in [0.25, 0.3) is 0 Å². The lowest BCUT2D eigenvalue weighted by Gasteiger charge is -2.41. The molecule has 0 bridgehead atoms. The van der Waals surface area contributed by atoms with Crippen LogP contribution in [0, 0.1) is 11.6 Å². The minimum atomic E-state index is -2.07. The van der Waals surface area contributed by atoms with E-state index in [0.717, 1.165) is 12.1 Å². The van der Waals surface area contributed by atoms with Crippen LogP contribution in [0.4, 0.5) is 24.1 Å². The molecule has 2 aromatic carbocycles. The highest BCUT2D eigenvalue weighted by Gasteiger charge is 2.47. The molecule has 47 heavy (non-hydrogen) atoms. The number of rotatable bonds is 12. The highest BCUT2D eigenvalue weighted by molar-refractivity contribution is 5.94. The Balaban J connectivity index is 1.27. The van der Waals surface area contributed by atoms with Crippen LogP contribution in [0.15, 0.2) is 53.9 Å². The summed E-state index contributed by atoms with van der Waals surface area (Å²) in [5.74, 6) is -2.55. The SMILES string of the molecule is CCOC(=O)[C@H](C)OC(=O)OCN1C=NN(C[C@](O)(c2ccc(F)cc2F)[C@@H](C)N2CCN(c3ccc(-n4cnnn4)cc3)C2=O)C1. The van der Waals surface area contributed by atoms with Gasteiger partial charge in [0, 0.05) is 30.4 Å². The van der Waals surface area contributed by atoms with Crippen LogP contribution >= 0.6 is 0 Å². The number of ether oxygens (including phenoxy) is 3. The summed E-state index contributed by atoms with van der Waals surface area (Å²) in [7, 11) is 0. The molecule has 16 nitrogen and oxygen atoms in total. The predicted octanol–water partition coefficient (Wildman–Crippen LogP) is 2.04. The number of aromatic nitrogens is 4. The summed E-state index contributed by atoms with van der Waals surface area (Å²) in [5.41, 5.74) is -1.03. The van der Waals surface area contributed by atoms with Crippen LogP contribution in [-0.4, -0.2) is 116 Å². The molecule has 3 aromatic rings. The van der Waals surface area contributed by atoms with Crippen LogP contribution in [0.5, 0.6) is 0 Å². The molecule has 3 heterocycles. The number of hydrazone groups is 1. The Hall–Kier alpha value is -5.39. The predicted molar refractivity (Wildman–Crippen MR) is 159 cm³/mol. The van der Waals surface area contributed by atoms with Crippen LogP contribution in [0.25, 0.3) is 5.69 Å². The van der Waals surface area contributed by atoms with Gasteiger partial charge in [-0.2, -0.15) is 5.10 Å². The fraction of sp³-hybridized carbons (Fsp3) is 0.414. The van der Waals surface area contributed by atoms with Crippen molar-refractivity contribution >= 4 is 30.2 Å². The number of urea groups is 1. The molecule has 0 spiro atoms. The Kier molecular flexibility index (Phi) is 9.78. The van der Waals surface area contributed by atoms with E-state index in [-0.39, 0.29) is 45.2 Å². The Labute approximate surface area is 267 Å². The highest BCUT2D eigenvalue weighted by Crippen LogP contribution is 2.35. The van der Waals surface area contributed by atoms with Gasteiger partial charge in [0.1, 0.15) is 36.6 Å². The molecule has 3 atom stereocenters. The highest BCUT2D eigenvalue weighted by atomic mass is 19.1. The molecule has 1 saturated heterocycles. The quantitative estimate of drug-likeness (QED) is 0.282. The first-order valence-corrected chi connectivity index (χ1v) is 14.6. The molecule has 2 aliphatic heterocycles. The fourth-order valence-electron chi connectivity index (χ4n) is 5.25. The summed E-state index contributed by atoms with van der Waals surface area (Å²) in [6.45, 7) is 4.49. The standard InChI is InChI=1S/C29H33F2N9O7/c1-4-45-26(41)19(2)47-28(43)46-18-36-16-33-37(17-36)14-29(44,24-10-5-21(30)13-25(24)31)20(3)38-11-12-39(27(38)42)22-6-8-23(9-7-22)40-15-32-34-35-40/h5-10,13,15-16,19-20,44H,4,11-12,14,17-18H2,1-3H3/t19-,20+,29+/m0/s1. The molecule has 250 valence electrons. The molecular formula is C29H33F2N9O7. The Morgan fingerprint density at radius 3 is 2.49 bits per heavy atom. The van der Waals surface area contributed by atoms with Gasteiger partial charge in [-0.05, 0) is 61.5 Å². The number of hydrogen-bond donors (Lipinski definition) is 1. The third-order valence-electron chi connectivity index (χ3n) is 7.76. The maximum Gasteiger partial charge on any atom is 0.510 e. The second-order valence-corrected chi connectivity index (χ2v) is 10.8. The first-order chi connectivity index (χ1) is 22.5. The van der Waals surface area contributed by atoms with E-state index in [4.69, 9.17) is 14.2 Å². The van der Waals surface area contributed by atoms with Crippen molar-refractivity contribution in [1.29, 1.82) is 0 Å². The van der Waals surface area contributed by atoms with Gasteiger partial charge in [-0.1, -0.05) is 6.07 Å². The van der Waals surface area contributed by atoms with Crippen LogP contribution in [-0.2, 0) is 24.6 Å². The van der Waals surface area contributed by atoms with Crippen LogP contribution in [0.2, 0.25) is 0 Å². The van der Waals surface area contributed by atoms with E-state index in [2.05, 4.69) is 20.6 Å². The van der Waals surface area contributed by atoms with E-state index in [1.54, 1.807) is 38.1 Å². The molecule has 2 amide bonds. The topological polar surface area (TPSA) is 168 Å². The van der Waals surface area contributed by atoms with Crippen LogP contribution in [0.3, 0.4) is 0 Å². The van der Waals surface area contributed by atoms with Gasteiger partial charge in [-0.25, -0.2) is 27.8 Å². The number of anilines is 1. The molecule has 5 rings (SSSR count). The normalized spacial score (nSPS) is 17.1. The van der Waals surface area contributed by atoms with Crippen LogP contribution in [0.1, 0.15) is 26.3 Å². The van der Waals surface area contributed by atoms with Crippen LogP contribution < -0.4 is 4.90 Å². The summed E-state index contributed by atoms with van der Waals surface area (Å²) in [6.07, 6.45) is 0.483. The van der Waals surface area contributed by atoms with Crippen molar-refractivity contribution in [2.45, 2.75) is 38.5 Å². The van der Waals surface area contributed by atoms with E-state index in [0.29, 0.717) is 17.4 Å². The number of benzene rings is 2. The van der Waals surface area contributed by atoms with E-state index in [1.165, 1.54) is 44.0 Å². The molecule has 1 N–H and O–H groups in total. The zero-order valence-corrected chi connectivity index (χ0v) is 25.8. The number of amides is 2. The summed E-state index contributed by atoms with van der Waals surface area (Å²) < 4.78 is 45.4. The third kappa shape index (κ3) is 7.21. The van der Waals surface area contributed by atoms with Gasteiger partial charge in [0.2, 0.25) is 0 Å². The smallest absolute Gasteiger partial charge is 0.463 e. The second kappa shape index (κ2) is 13.9. The number of carbonyl (C=O) groups excluding carboxylic acids is 3. The van der Waals surface area contributed by atoms with E-state index < -0.39 is 47.5 Å². The zero-order valence-electron chi connectivity index (χ0n) is 25.8. The maximum absolute atomic E-state index is 15.3. The minimum absolute atomic E-state index is 0.00767. The number of aliphatic hydroxyl groups is 1. The number of nitrogens with zero attached hydrogens (tertiary/aromatic N) is 9. The number of β-amino-alcohol motifs (C(OH)–C–C–N with tert-alkyl or cyclic N) is 1. The molecule has 0 aliphatic carbocycles. The minimum Gasteiger partial charge on any atom is -0.463 e. The lowest BCUT2D eigenvalue weighted by atomic mass is 9.85. The van der Waals surface area contributed by atoms with Crippen molar-refractivity contribution in [3.05, 3.63) is 66.0 Å². The van der Waals surface area contributed by atoms with Gasteiger partial charge in [-0.15, -0.1) is 5.10 Å². The summed E-state index contributed by atoms with van der Waals surface area (Å²) in [5, 5.41) is 28.9. The molecular weight excluding hydrogens is 624 g/mol. The number of halogens is 2. The number of tetrazole rings is 1. The summed E-state index contributed by atoms with van der Waals surface area (Å²) in [4.78, 5) is 41.8. The largest absolute Gasteiger partial charge is 0.510 e. The second-order valence-electron chi connectivity index (χ2n) is 10.8. The molecule has 2 aliphatic rings. The summed E-state index contributed by atoms with van der Waals surface area (Å²) in [6, 6.07) is 8.34. The molecule has 1 aromatic heterocycles. The summed E-state index contributed by atoms with van der Waals surface area (Å²) >= 11 is 0. The molecule has 0 saturated carbocycles. The number of carbonyl (C=O) groups is 3. The van der Waals surface area contributed by atoms with Crippen molar-refractivity contribution in [1.82, 2.24) is 35.0 Å². The average Bonchev–Trinajstić information content (AvgIpc) is 3.82. The first-order valence-electron chi connectivity index (χ1n) is 14.6. The maximum atomic E-state index is 15.3. The van der Waals surface area contributed by atoms with Crippen molar-refractivity contribution in [2.75, 3.05) is 44.5 Å². The van der Waals surface area contributed by atoms with Gasteiger partial charge in [-0.3, -0.25) is 9.91 Å². The molecule has 1 fully saturated rings. The van der Waals surface area contributed by atoms with E-state index in [1.807, 2.05) is 0 Å². The van der Waals surface area contributed by atoms with Crippen molar-refractivity contribution < 1.29 is 42.5 Å². The van der Waals surface area contributed by atoms with Crippen molar-refractivity contribution in [3.8, 4) is 5.69 Å². The fourth-order valence-corrected chi connectivity index (χ4v) is 5.25. The van der Waals surface area contributed by atoms with Gasteiger partial charge >= 0.3 is 18.2 Å². The van der Waals surface area contributed by atoms with Gasteiger partial charge in [0.15, 0.2) is 12.8 Å². The Morgan fingerprint density at radius 2 is 1.81 bits per heavy atom. The Bertz CT molecular complexity index is 1610. The molecule has 0 unspecified atom stereocenters. The third-order valence-corrected chi connectivity index (χ3v) is 7.76. The zero-order chi connectivity index (χ0) is 33.7. The number of hydrogen-bond acceptors (Lipinski definition) is 13. The van der Waals surface area contributed by atoms with E-state index in [9.17, 15) is 23.9 Å². The van der Waals surface area contributed by atoms with Gasteiger partial charge in [0.05, 0.1) is 24.9 Å². The van der Waals surface area contributed by atoms with Gasteiger partial charge < -0.3 is 29.1 Å². The Morgan fingerprint density at radius 1 is 1.06 bits per heavy atom. The van der Waals surface area contributed by atoms with Crippen molar-refractivity contribution in [2.24, 2.45) is 5.10 Å². The lowest BCUT2D eigenvalue weighted by molar-refractivity contribution is -0.153. The molecule has 18 heteroatoms. The first kappa shape index (κ1) is 33.0. The molecule has 0 radical (unpaired) electrons. The lowest BCUT2D eigenvalue weighted by Crippen LogP contribution is -2.55. The average molecular weight is 658 g/mol. The monoisotopic (exact) mass is 657 g/mol.